The molecule has 25 heavy (non-hydrogen) atoms. The van der Waals surface area contributed by atoms with E-state index in [9.17, 15) is 5.26 Å². The van der Waals surface area contributed by atoms with Crippen LogP contribution in [0.2, 0.25) is 0 Å². The molecule has 0 fully saturated rings. The molecule has 3 rings (SSSR count). The summed E-state index contributed by atoms with van der Waals surface area (Å²) in [5, 5.41) is 12.1. The van der Waals surface area contributed by atoms with Gasteiger partial charge in [0.25, 0.3) is 0 Å². The lowest BCUT2D eigenvalue weighted by atomic mass is 10.1. The Morgan fingerprint density at radius 1 is 1.20 bits per heavy atom. The van der Waals surface area contributed by atoms with Crippen molar-refractivity contribution < 1.29 is 4.74 Å². The van der Waals surface area contributed by atoms with E-state index in [4.69, 9.17) is 4.74 Å². The number of benzene rings is 2. The molecule has 0 bridgehead atoms. The third-order valence-corrected chi connectivity index (χ3v) is 4.97. The summed E-state index contributed by atoms with van der Waals surface area (Å²) in [6, 6.07) is 17.6. The van der Waals surface area contributed by atoms with Gasteiger partial charge >= 0.3 is 0 Å². The molecule has 3 aromatic rings. The Balaban J connectivity index is 1.79. The molecular weight excluding hydrogens is 398 g/mol. The average Bonchev–Trinajstić information content (AvgIpc) is 3.14. The van der Waals surface area contributed by atoms with E-state index in [1.807, 2.05) is 53.9 Å². The summed E-state index contributed by atoms with van der Waals surface area (Å²) in [6.07, 6.45) is 1.64. The third kappa shape index (κ3) is 4.32. The van der Waals surface area contributed by atoms with Gasteiger partial charge in [0.15, 0.2) is 0 Å². The van der Waals surface area contributed by atoms with Crippen LogP contribution in [0.15, 0.2) is 63.4 Å². The zero-order chi connectivity index (χ0) is 17.6. The van der Waals surface area contributed by atoms with Crippen LogP contribution in [0.3, 0.4) is 0 Å². The fourth-order valence-corrected chi connectivity index (χ4v) is 3.26. The monoisotopic (exact) mass is 411 g/mol. The van der Waals surface area contributed by atoms with Crippen LogP contribution in [0.1, 0.15) is 10.9 Å². The number of hydrogen-bond donors (Lipinski definition) is 0. The van der Waals surface area contributed by atoms with Crippen LogP contribution in [0.25, 0.3) is 11.3 Å². The molecule has 0 aliphatic carbocycles. The minimum absolute atomic E-state index is 0.472. The van der Waals surface area contributed by atoms with Gasteiger partial charge in [-0.2, -0.15) is 5.26 Å². The molecule has 0 N–H and O–H groups in total. The largest absolute Gasteiger partial charge is 0.497 e. The molecule has 1 heterocycles. The third-order valence-electron chi connectivity index (χ3n) is 3.51. The molecule has 0 radical (unpaired) electrons. The van der Waals surface area contributed by atoms with E-state index in [2.05, 4.69) is 32.0 Å². The number of nitrogens with zero attached hydrogens (tertiary/aromatic N) is 3. The van der Waals surface area contributed by atoms with E-state index in [1.165, 1.54) is 11.3 Å². The normalized spacial score (nSPS) is 12.0. The van der Waals surface area contributed by atoms with Crippen molar-refractivity contribution in [1.29, 1.82) is 5.26 Å². The van der Waals surface area contributed by atoms with Crippen molar-refractivity contribution in [2.45, 2.75) is 5.92 Å². The maximum Gasteiger partial charge on any atom is 0.133 e. The van der Waals surface area contributed by atoms with Gasteiger partial charge in [-0.1, -0.05) is 15.9 Å². The highest BCUT2D eigenvalue weighted by Crippen LogP contribution is 2.27. The summed E-state index contributed by atoms with van der Waals surface area (Å²) in [4.78, 5) is 8.97. The zero-order valence-corrected chi connectivity index (χ0v) is 15.8. The molecule has 0 aliphatic heterocycles. The lowest BCUT2D eigenvalue weighted by molar-refractivity contribution is 0.415. The fourth-order valence-electron chi connectivity index (χ4n) is 2.16. The number of nitriles is 1. The molecule has 0 saturated carbocycles. The van der Waals surface area contributed by atoms with Crippen molar-refractivity contribution in [3.63, 3.8) is 0 Å². The standard InChI is InChI=1S/C19H14BrN3OS/c1-24-17-8-2-13(3-9-17)18-12-25-19(23-18)14(10-21)11-22-16-6-4-15(20)5-7-16/h2-9,11-12,14H,1H3. The highest BCUT2D eigenvalue weighted by Gasteiger charge is 2.13. The van der Waals surface area contributed by atoms with E-state index in [-0.39, 0.29) is 0 Å². The molecule has 6 heteroatoms. The number of aliphatic imine (C=N–C) groups is 1. The van der Waals surface area contributed by atoms with Gasteiger partial charge in [0.1, 0.15) is 16.7 Å². The van der Waals surface area contributed by atoms with Gasteiger partial charge in [-0.3, -0.25) is 4.99 Å². The van der Waals surface area contributed by atoms with E-state index in [0.29, 0.717) is 0 Å². The number of thiazole rings is 1. The second kappa shape index (κ2) is 8.06. The molecule has 0 saturated heterocycles. The molecule has 0 spiro atoms. The Bertz CT molecular complexity index is 911. The Labute approximate surface area is 158 Å². The zero-order valence-electron chi connectivity index (χ0n) is 13.4. The van der Waals surface area contributed by atoms with Crippen molar-refractivity contribution in [1.82, 2.24) is 4.98 Å². The maximum atomic E-state index is 9.45. The summed E-state index contributed by atoms with van der Waals surface area (Å²) in [5.41, 5.74) is 2.64. The van der Waals surface area contributed by atoms with E-state index >= 15 is 0 Å². The SMILES string of the molecule is COc1ccc(-c2csc(C(C#N)C=Nc3ccc(Br)cc3)n2)cc1. The number of hydrogen-bond acceptors (Lipinski definition) is 5. The van der Waals surface area contributed by atoms with Gasteiger partial charge in [0.05, 0.1) is 24.6 Å². The minimum atomic E-state index is -0.472. The maximum absolute atomic E-state index is 9.45. The second-order valence-electron chi connectivity index (χ2n) is 5.16. The lowest BCUT2D eigenvalue weighted by Gasteiger charge is -2.01. The van der Waals surface area contributed by atoms with Gasteiger partial charge in [-0.05, 0) is 48.5 Å². The van der Waals surface area contributed by atoms with Crippen molar-refractivity contribution in [2.75, 3.05) is 7.11 Å². The summed E-state index contributed by atoms with van der Waals surface area (Å²) < 4.78 is 6.16. The molecule has 0 aliphatic rings. The molecule has 1 aromatic heterocycles. The minimum Gasteiger partial charge on any atom is -0.497 e. The van der Waals surface area contributed by atoms with Crippen LogP contribution in [-0.2, 0) is 0 Å². The summed E-state index contributed by atoms with van der Waals surface area (Å²) in [6.45, 7) is 0. The van der Waals surface area contributed by atoms with Crippen LogP contribution in [0.5, 0.6) is 5.75 Å². The number of aromatic nitrogens is 1. The topological polar surface area (TPSA) is 58.3 Å². The number of halogens is 1. The van der Waals surface area contributed by atoms with Gasteiger partial charge in [-0.25, -0.2) is 4.98 Å². The number of methoxy groups -OCH3 is 1. The summed E-state index contributed by atoms with van der Waals surface area (Å²) in [5.74, 6) is 0.330. The van der Waals surface area contributed by atoms with Crippen molar-refractivity contribution in [3.8, 4) is 23.1 Å². The first-order chi connectivity index (χ1) is 12.2. The molecule has 4 nitrogen and oxygen atoms in total. The van der Waals surface area contributed by atoms with Crippen LogP contribution >= 0.6 is 27.3 Å². The molecule has 1 atom stereocenters. The van der Waals surface area contributed by atoms with Crippen LogP contribution < -0.4 is 4.74 Å². The Kier molecular flexibility index (Phi) is 5.59. The molecule has 2 aromatic carbocycles. The highest BCUT2D eigenvalue weighted by molar-refractivity contribution is 9.10. The second-order valence-corrected chi connectivity index (χ2v) is 6.97. The van der Waals surface area contributed by atoms with Gasteiger partial charge < -0.3 is 4.74 Å². The summed E-state index contributed by atoms with van der Waals surface area (Å²) >= 11 is 4.85. The Morgan fingerprint density at radius 3 is 2.56 bits per heavy atom. The first kappa shape index (κ1) is 17.3. The number of ether oxygens (including phenoxy) is 1. The highest BCUT2D eigenvalue weighted by atomic mass is 79.9. The van der Waals surface area contributed by atoms with Crippen LogP contribution in [-0.4, -0.2) is 18.3 Å². The van der Waals surface area contributed by atoms with E-state index in [1.54, 1.807) is 13.3 Å². The molecule has 124 valence electrons. The summed E-state index contributed by atoms with van der Waals surface area (Å²) in [7, 11) is 1.64. The van der Waals surface area contributed by atoms with Crippen molar-refractivity contribution >= 4 is 39.2 Å². The van der Waals surface area contributed by atoms with E-state index in [0.717, 1.165) is 32.2 Å². The van der Waals surface area contributed by atoms with Crippen molar-refractivity contribution in [2.24, 2.45) is 4.99 Å². The van der Waals surface area contributed by atoms with Gasteiger partial charge in [0, 0.05) is 21.6 Å². The Morgan fingerprint density at radius 2 is 1.92 bits per heavy atom. The lowest BCUT2D eigenvalue weighted by Crippen LogP contribution is -1.96. The first-order valence-electron chi connectivity index (χ1n) is 7.49. The molecular formula is C19H14BrN3OS. The van der Waals surface area contributed by atoms with Crippen molar-refractivity contribution in [3.05, 3.63) is 63.4 Å². The predicted molar refractivity (Wildman–Crippen MR) is 105 cm³/mol. The van der Waals surface area contributed by atoms with Crippen LogP contribution in [0.4, 0.5) is 5.69 Å². The molecule has 0 amide bonds. The quantitative estimate of drug-likeness (QED) is 0.514. The number of rotatable bonds is 5. The smallest absolute Gasteiger partial charge is 0.133 e. The average molecular weight is 412 g/mol. The van der Waals surface area contributed by atoms with E-state index < -0.39 is 5.92 Å². The predicted octanol–water partition coefficient (Wildman–Crippen LogP) is 5.59. The van der Waals surface area contributed by atoms with Crippen LogP contribution in [0, 0.1) is 11.3 Å². The fraction of sp³-hybridized carbons (Fsp3) is 0.105. The van der Waals surface area contributed by atoms with Gasteiger partial charge in [-0.15, -0.1) is 11.3 Å². The van der Waals surface area contributed by atoms with Gasteiger partial charge in [0.2, 0.25) is 0 Å². The molecule has 1 unspecified atom stereocenters. The first-order valence-corrected chi connectivity index (χ1v) is 9.16. The Hall–Kier alpha value is -2.49.